The molecule has 3 aliphatic rings. The van der Waals surface area contributed by atoms with Crippen LogP contribution in [0.3, 0.4) is 0 Å². The number of ether oxygens (including phenoxy) is 1. The van der Waals surface area contributed by atoms with Gasteiger partial charge in [0.2, 0.25) is 0 Å². The van der Waals surface area contributed by atoms with Gasteiger partial charge in [-0.1, -0.05) is 12.1 Å². The maximum atomic E-state index is 13.7. The molecule has 6 aromatic rings. The minimum atomic E-state index is -0.268. The molecule has 0 radical (unpaired) electrons. The number of benzene rings is 2. The van der Waals surface area contributed by atoms with E-state index < -0.39 is 0 Å². The van der Waals surface area contributed by atoms with Gasteiger partial charge in [0.1, 0.15) is 11.3 Å². The molecule has 11 nitrogen and oxygen atoms in total. The van der Waals surface area contributed by atoms with Crippen molar-refractivity contribution in [3.05, 3.63) is 64.7 Å². The zero-order valence-electron chi connectivity index (χ0n) is 25.2. The Bertz CT molecular complexity index is 2240. The molecular formula is C34H34N8O3. The van der Waals surface area contributed by atoms with E-state index in [2.05, 4.69) is 48.4 Å². The van der Waals surface area contributed by atoms with Crippen LogP contribution in [-0.4, -0.2) is 65.6 Å². The van der Waals surface area contributed by atoms with Crippen LogP contribution < -0.4 is 16.2 Å². The SMILES string of the molecule is COc1cc(C(=O)N2C[C@H]3CC[C@@H]2[C@@H]3N)cc2nc(-c3cc4ccc(-c5cnc6[nH]c(=O)[nH]c6c5)cc4n3CC3CC3)n(C)c12. The van der Waals surface area contributed by atoms with Crippen molar-refractivity contribution < 1.29 is 9.53 Å². The first-order valence-electron chi connectivity index (χ1n) is 15.7. The van der Waals surface area contributed by atoms with Gasteiger partial charge in [-0.2, -0.15) is 0 Å². The van der Waals surface area contributed by atoms with Crippen LogP contribution in [-0.2, 0) is 13.6 Å². The van der Waals surface area contributed by atoms with E-state index in [4.69, 9.17) is 15.5 Å². The summed E-state index contributed by atoms with van der Waals surface area (Å²) in [5.41, 5.74) is 13.6. The Morgan fingerprint density at radius 3 is 2.69 bits per heavy atom. The first kappa shape index (κ1) is 26.5. The molecule has 4 N–H and O–H groups in total. The number of nitrogens with zero attached hydrogens (tertiary/aromatic N) is 5. The lowest BCUT2D eigenvalue weighted by Gasteiger charge is -2.27. The van der Waals surface area contributed by atoms with Crippen molar-refractivity contribution >= 4 is 39.0 Å². The molecule has 2 saturated carbocycles. The molecule has 1 saturated heterocycles. The fourth-order valence-electron chi connectivity index (χ4n) is 7.72. The molecule has 228 valence electrons. The van der Waals surface area contributed by atoms with Crippen LogP contribution in [0.25, 0.3) is 55.7 Å². The second-order valence-electron chi connectivity index (χ2n) is 13.0. The number of carbonyl (C=O) groups is 1. The molecule has 45 heavy (non-hydrogen) atoms. The normalized spacial score (nSPS) is 21.1. The summed E-state index contributed by atoms with van der Waals surface area (Å²) in [6, 6.07) is 14.5. The van der Waals surface area contributed by atoms with Gasteiger partial charge >= 0.3 is 5.69 Å². The average Bonchev–Trinajstić information content (AvgIpc) is 3.26. The molecule has 3 atom stereocenters. The number of H-pyrrole nitrogens is 2. The number of rotatable bonds is 6. The standard InChI is InChI=1S/C34H34N8O3/c1-40-30-23(9-21(13-28(30)45-2)33(43)42-16-20-7-8-25(42)29(20)35)37-32(40)27-12-19-6-5-18(11-26(19)41(27)15-17-3-4-17)22-10-24-31(36-14-22)39-34(44)38-24/h5-6,9-14,17,20,25,29H,3-4,7-8,15-16,35H2,1-2H3,(H2,36,38,39,44)/t20-,25-,29-/m1/s1. The number of hydrogen-bond donors (Lipinski definition) is 3. The molecule has 9 rings (SSSR count). The fraction of sp³-hybridized carbons (Fsp3) is 0.353. The Balaban J connectivity index is 1.16. The molecule has 11 heteroatoms. The van der Waals surface area contributed by atoms with Crippen LogP contribution in [0.2, 0.25) is 0 Å². The number of methoxy groups -OCH3 is 1. The number of imidazole rings is 2. The number of piperidine rings is 1. The third-order valence-electron chi connectivity index (χ3n) is 10.3. The van der Waals surface area contributed by atoms with Gasteiger partial charge in [0.15, 0.2) is 11.5 Å². The molecule has 5 heterocycles. The summed E-state index contributed by atoms with van der Waals surface area (Å²) in [4.78, 5) is 42.6. The van der Waals surface area contributed by atoms with Crippen molar-refractivity contribution in [1.29, 1.82) is 0 Å². The van der Waals surface area contributed by atoms with E-state index in [1.165, 1.54) is 12.8 Å². The molecule has 4 aromatic heterocycles. The van der Waals surface area contributed by atoms with Crippen LogP contribution in [0.1, 0.15) is 36.0 Å². The van der Waals surface area contributed by atoms with Crippen molar-refractivity contribution in [3.8, 4) is 28.4 Å². The van der Waals surface area contributed by atoms with Crippen LogP contribution in [0.15, 0.2) is 53.5 Å². The molecule has 0 spiro atoms. The highest BCUT2D eigenvalue weighted by Gasteiger charge is 2.47. The van der Waals surface area contributed by atoms with E-state index in [0.29, 0.717) is 34.3 Å². The monoisotopic (exact) mass is 602 g/mol. The van der Waals surface area contributed by atoms with Gasteiger partial charge in [-0.25, -0.2) is 14.8 Å². The fourth-order valence-corrected chi connectivity index (χ4v) is 7.72. The molecule has 1 amide bonds. The lowest BCUT2D eigenvalue weighted by Crippen LogP contribution is -2.41. The van der Waals surface area contributed by atoms with Crippen molar-refractivity contribution in [2.75, 3.05) is 13.7 Å². The third-order valence-corrected chi connectivity index (χ3v) is 10.3. The lowest BCUT2D eigenvalue weighted by atomic mass is 10.1. The maximum Gasteiger partial charge on any atom is 0.325 e. The smallest absolute Gasteiger partial charge is 0.325 e. The van der Waals surface area contributed by atoms with E-state index in [1.54, 1.807) is 13.3 Å². The Hall–Kier alpha value is -4.90. The second kappa shape index (κ2) is 9.55. The number of amides is 1. The van der Waals surface area contributed by atoms with Crippen molar-refractivity contribution in [3.63, 3.8) is 0 Å². The van der Waals surface area contributed by atoms with E-state index in [0.717, 1.165) is 70.5 Å². The van der Waals surface area contributed by atoms with Gasteiger partial charge in [-0.3, -0.25) is 9.78 Å². The maximum absolute atomic E-state index is 13.7. The van der Waals surface area contributed by atoms with Crippen LogP contribution >= 0.6 is 0 Å². The summed E-state index contributed by atoms with van der Waals surface area (Å²) in [5.74, 6) is 2.46. The predicted molar refractivity (Wildman–Crippen MR) is 172 cm³/mol. The summed E-state index contributed by atoms with van der Waals surface area (Å²) in [7, 11) is 3.65. The zero-order valence-corrected chi connectivity index (χ0v) is 25.2. The third kappa shape index (κ3) is 4.06. The average molecular weight is 603 g/mol. The molecule has 2 bridgehead atoms. The Labute approximate surface area is 258 Å². The quantitative estimate of drug-likeness (QED) is 0.258. The van der Waals surface area contributed by atoms with Gasteiger partial charge in [-0.05, 0) is 73.4 Å². The number of carbonyl (C=O) groups excluding carboxylic acids is 1. The molecule has 1 aliphatic heterocycles. The number of aromatic amines is 2. The number of nitrogens with two attached hydrogens (primary N) is 1. The number of likely N-dealkylation sites (tertiary alicyclic amines) is 1. The van der Waals surface area contributed by atoms with Crippen LogP contribution in [0.4, 0.5) is 0 Å². The highest BCUT2D eigenvalue weighted by Crippen LogP contribution is 2.41. The first-order chi connectivity index (χ1) is 21.9. The van der Waals surface area contributed by atoms with Crippen molar-refractivity contribution in [2.24, 2.45) is 24.6 Å². The van der Waals surface area contributed by atoms with Crippen molar-refractivity contribution in [2.45, 2.75) is 44.3 Å². The summed E-state index contributed by atoms with van der Waals surface area (Å²) in [5, 5.41) is 1.12. The molecule has 2 aromatic carbocycles. The highest BCUT2D eigenvalue weighted by atomic mass is 16.5. The van der Waals surface area contributed by atoms with Gasteiger partial charge in [0.05, 0.1) is 23.8 Å². The van der Waals surface area contributed by atoms with E-state index >= 15 is 0 Å². The predicted octanol–water partition coefficient (Wildman–Crippen LogP) is 4.41. The summed E-state index contributed by atoms with van der Waals surface area (Å²) in [6.07, 6.45) is 6.28. The Morgan fingerprint density at radius 2 is 1.93 bits per heavy atom. The Morgan fingerprint density at radius 1 is 1.07 bits per heavy atom. The number of hydrogen-bond acceptors (Lipinski definition) is 6. The second-order valence-corrected chi connectivity index (χ2v) is 13.0. The van der Waals surface area contributed by atoms with Crippen molar-refractivity contribution in [1.82, 2.24) is 34.0 Å². The number of nitrogens with one attached hydrogen (secondary N) is 2. The zero-order chi connectivity index (χ0) is 30.6. The minimum absolute atomic E-state index is 0.00294. The topological polar surface area (TPSA) is 140 Å². The van der Waals surface area contributed by atoms with E-state index in [-0.39, 0.29) is 23.7 Å². The molecular weight excluding hydrogens is 568 g/mol. The molecule has 2 aliphatic carbocycles. The number of pyridine rings is 1. The van der Waals surface area contributed by atoms with Crippen LogP contribution in [0.5, 0.6) is 5.75 Å². The Kier molecular flexibility index (Phi) is 5.62. The largest absolute Gasteiger partial charge is 0.494 e. The first-order valence-corrected chi connectivity index (χ1v) is 15.7. The summed E-state index contributed by atoms with van der Waals surface area (Å²) >= 11 is 0. The van der Waals surface area contributed by atoms with E-state index in [9.17, 15) is 9.59 Å². The summed E-state index contributed by atoms with van der Waals surface area (Å²) < 4.78 is 10.3. The van der Waals surface area contributed by atoms with Gasteiger partial charge in [0, 0.05) is 60.4 Å². The number of aryl methyl sites for hydroxylation is 1. The molecule has 0 unspecified atom stereocenters. The summed E-state index contributed by atoms with van der Waals surface area (Å²) in [6.45, 7) is 1.61. The highest BCUT2D eigenvalue weighted by molar-refractivity contribution is 6.01. The number of aromatic nitrogens is 6. The van der Waals surface area contributed by atoms with Gasteiger partial charge < -0.3 is 29.5 Å². The van der Waals surface area contributed by atoms with Gasteiger partial charge in [0.25, 0.3) is 5.91 Å². The van der Waals surface area contributed by atoms with E-state index in [1.807, 2.05) is 30.1 Å². The molecule has 3 fully saturated rings. The van der Waals surface area contributed by atoms with Gasteiger partial charge in [-0.15, -0.1) is 0 Å². The van der Waals surface area contributed by atoms with Crippen LogP contribution in [0, 0.1) is 11.8 Å². The minimum Gasteiger partial charge on any atom is -0.494 e. The number of fused-ring (bicyclic) bond motifs is 5. The lowest BCUT2D eigenvalue weighted by molar-refractivity contribution is 0.0700.